The summed E-state index contributed by atoms with van der Waals surface area (Å²) in [6.07, 6.45) is 1.86. The van der Waals surface area contributed by atoms with E-state index in [1.807, 2.05) is 27.8 Å². The van der Waals surface area contributed by atoms with Crippen molar-refractivity contribution in [3.05, 3.63) is 29.3 Å². The van der Waals surface area contributed by atoms with Crippen LogP contribution in [0.5, 0.6) is 5.75 Å². The van der Waals surface area contributed by atoms with Crippen LogP contribution in [0, 0.1) is 5.92 Å². The Morgan fingerprint density at radius 3 is 2.41 bits per heavy atom. The SMILES string of the molecule is CC(C)N(C)[C@@H]1CC[C@H](NC(=O)CNC(=O)c2ccc(O)c(C(C)(C)C)c2)[C@H](C(=O)O)C1. The Hall–Kier alpha value is -2.61. The minimum atomic E-state index is -0.917. The molecule has 1 aromatic rings. The summed E-state index contributed by atoms with van der Waals surface area (Å²) in [7, 11) is 2.00. The van der Waals surface area contributed by atoms with Crippen molar-refractivity contribution >= 4 is 17.8 Å². The molecule has 2 rings (SSSR count). The Kier molecular flexibility index (Phi) is 8.29. The molecule has 8 heteroatoms. The molecule has 1 aliphatic rings. The van der Waals surface area contributed by atoms with Crippen molar-refractivity contribution in [1.82, 2.24) is 15.5 Å². The number of carbonyl (C=O) groups is 3. The molecule has 0 saturated heterocycles. The molecule has 0 aliphatic heterocycles. The number of phenolic OH excluding ortho intramolecular Hbond substituents is 1. The zero-order valence-corrected chi connectivity index (χ0v) is 19.9. The molecule has 0 heterocycles. The summed E-state index contributed by atoms with van der Waals surface area (Å²) in [6, 6.07) is 4.61. The van der Waals surface area contributed by atoms with Gasteiger partial charge in [0.25, 0.3) is 5.91 Å². The molecule has 1 saturated carbocycles. The predicted octanol–water partition coefficient (Wildman–Crippen LogP) is 2.50. The Balaban J connectivity index is 1.96. The van der Waals surface area contributed by atoms with Gasteiger partial charge in [0.1, 0.15) is 5.75 Å². The van der Waals surface area contributed by atoms with Crippen LogP contribution in [0.3, 0.4) is 0 Å². The van der Waals surface area contributed by atoms with Crippen molar-refractivity contribution in [2.75, 3.05) is 13.6 Å². The van der Waals surface area contributed by atoms with Crippen molar-refractivity contribution in [2.45, 2.75) is 77.4 Å². The number of nitrogens with one attached hydrogen (secondary N) is 2. The average molecular weight is 448 g/mol. The molecule has 0 bridgehead atoms. The van der Waals surface area contributed by atoms with E-state index in [0.717, 1.165) is 6.42 Å². The lowest BCUT2D eigenvalue weighted by atomic mass is 9.80. The molecular weight excluding hydrogens is 410 g/mol. The van der Waals surface area contributed by atoms with E-state index in [-0.39, 0.29) is 23.8 Å². The highest BCUT2D eigenvalue weighted by Crippen LogP contribution is 2.31. The fourth-order valence-corrected chi connectivity index (χ4v) is 4.18. The summed E-state index contributed by atoms with van der Waals surface area (Å²) >= 11 is 0. The fraction of sp³-hybridized carbons (Fsp3) is 0.625. The second-order valence-corrected chi connectivity index (χ2v) is 10.0. The number of aliphatic carboxylic acids is 1. The van der Waals surface area contributed by atoms with Gasteiger partial charge >= 0.3 is 5.97 Å². The number of amides is 2. The van der Waals surface area contributed by atoms with E-state index in [4.69, 9.17) is 0 Å². The summed E-state index contributed by atoms with van der Waals surface area (Å²) in [5.74, 6) is -2.31. The summed E-state index contributed by atoms with van der Waals surface area (Å²) in [4.78, 5) is 39.0. The first-order chi connectivity index (χ1) is 14.8. The quantitative estimate of drug-likeness (QED) is 0.510. The van der Waals surface area contributed by atoms with E-state index < -0.39 is 29.7 Å². The number of carboxylic acid groups (broad SMARTS) is 1. The largest absolute Gasteiger partial charge is 0.508 e. The number of carbonyl (C=O) groups excluding carboxylic acids is 2. The molecule has 178 valence electrons. The van der Waals surface area contributed by atoms with Gasteiger partial charge in [-0.1, -0.05) is 20.8 Å². The number of aromatic hydroxyl groups is 1. The highest BCUT2D eigenvalue weighted by molar-refractivity contribution is 5.97. The molecule has 0 unspecified atom stereocenters. The smallest absolute Gasteiger partial charge is 0.308 e. The predicted molar refractivity (Wildman–Crippen MR) is 123 cm³/mol. The van der Waals surface area contributed by atoms with Crippen LogP contribution in [0.15, 0.2) is 18.2 Å². The second kappa shape index (κ2) is 10.3. The van der Waals surface area contributed by atoms with Crippen molar-refractivity contribution in [1.29, 1.82) is 0 Å². The standard InChI is InChI=1S/C24H37N3O5/c1-14(2)27(6)16-8-9-19(17(12-16)23(31)32)26-21(29)13-25-22(30)15-7-10-20(28)18(11-15)24(3,4)5/h7,10-11,14,16-17,19,28H,8-9,12-13H2,1-6H3,(H,25,30)(H,26,29)(H,31,32)/t16-,17-,19+/m1/s1. The number of hydrogen-bond donors (Lipinski definition) is 4. The molecule has 1 fully saturated rings. The minimum absolute atomic E-state index is 0.116. The van der Waals surface area contributed by atoms with Gasteiger partial charge in [0.2, 0.25) is 5.91 Å². The number of nitrogens with zero attached hydrogens (tertiary/aromatic N) is 1. The van der Waals surface area contributed by atoms with Crippen LogP contribution in [0.1, 0.15) is 69.8 Å². The Bertz CT molecular complexity index is 847. The average Bonchev–Trinajstić information content (AvgIpc) is 2.71. The number of rotatable bonds is 7. The summed E-state index contributed by atoms with van der Waals surface area (Å²) in [5.41, 5.74) is 0.648. The lowest BCUT2D eigenvalue weighted by Gasteiger charge is -2.40. The van der Waals surface area contributed by atoms with E-state index in [2.05, 4.69) is 29.4 Å². The van der Waals surface area contributed by atoms with Crippen LogP contribution >= 0.6 is 0 Å². The van der Waals surface area contributed by atoms with E-state index in [1.165, 1.54) is 12.1 Å². The molecule has 3 atom stereocenters. The maximum atomic E-state index is 12.5. The Labute approximate surface area is 190 Å². The number of hydrogen-bond acceptors (Lipinski definition) is 5. The molecule has 0 radical (unpaired) electrons. The highest BCUT2D eigenvalue weighted by atomic mass is 16.4. The second-order valence-electron chi connectivity index (χ2n) is 10.0. The molecule has 0 aromatic heterocycles. The monoisotopic (exact) mass is 447 g/mol. The summed E-state index contributed by atoms with van der Waals surface area (Å²) < 4.78 is 0. The van der Waals surface area contributed by atoms with E-state index in [1.54, 1.807) is 6.07 Å². The van der Waals surface area contributed by atoms with Gasteiger partial charge in [-0.05, 0) is 63.8 Å². The summed E-state index contributed by atoms with van der Waals surface area (Å²) in [5, 5.41) is 25.1. The maximum absolute atomic E-state index is 12.5. The Morgan fingerprint density at radius 1 is 1.19 bits per heavy atom. The number of carboxylic acids is 1. The first-order valence-electron chi connectivity index (χ1n) is 11.2. The van der Waals surface area contributed by atoms with Crippen LogP contribution < -0.4 is 10.6 Å². The minimum Gasteiger partial charge on any atom is -0.508 e. The van der Waals surface area contributed by atoms with Crippen molar-refractivity contribution < 1.29 is 24.6 Å². The number of benzene rings is 1. The van der Waals surface area contributed by atoms with Crippen LogP contribution in [0.4, 0.5) is 0 Å². The molecule has 4 N–H and O–H groups in total. The normalized spacial score (nSPS) is 21.4. The van der Waals surface area contributed by atoms with Crippen molar-refractivity contribution in [3.8, 4) is 5.75 Å². The third kappa shape index (κ3) is 6.45. The molecule has 0 spiro atoms. The molecule has 1 aromatic carbocycles. The first kappa shape index (κ1) is 25.6. The zero-order chi connectivity index (χ0) is 24.2. The number of phenols is 1. The van der Waals surface area contributed by atoms with Gasteiger partial charge in [-0.2, -0.15) is 0 Å². The first-order valence-corrected chi connectivity index (χ1v) is 11.2. The topological polar surface area (TPSA) is 119 Å². The molecule has 2 amide bonds. The molecule has 32 heavy (non-hydrogen) atoms. The van der Waals surface area contributed by atoms with E-state index in [9.17, 15) is 24.6 Å². The van der Waals surface area contributed by atoms with Crippen LogP contribution in [-0.2, 0) is 15.0 Å². The van der Waals surface area contributed by atoms with Gasteiger partial charge in [-0.25, -0.2) is 0 Å². The van der Waals surface area contributed by atoms with Gasteiger partial charge in [0.05, 0.1) is 12.5 Å². The third-order valence-electron chi connectivity index (χ3n) is 6.35. The molecular formula is C24H37N3O5. The zero-order valence-electron chi connectivity index (χ0n) is 19.9. The van der Waals surface area contributed by atoms with Crippen molar-refractivity contribution in [3.63, 3.8) is 0 Å². The lowest BCUT2D eigenvalue weighted by Crippen LogP contribution is -2.53. The van der Waals surface area contributed by atoms with Gasteiger partial charge in [-0.15, -0.1) is 0 Å². The highest BCUT2D eigenvalue weighted by Gasteiger charge is 2.37. The van der Waals surface area contributed by atoms with Crippen LogP contribution in [0.25, 0.3) is 0 Å². The van der Waals surface area contributed by atoms with Gasteiger partial charge < -0.3 is 25.7 Å². The van der Waals surface area contributed by atoms with Gasteiger partial charge in [-0.3, -0.25) is 14.4 Å². The van der Waals surface area contributed by atoms with E-state index in [0.29, 0.717) is 30.0 Å². The van der Waals surface area contributed by atoms with Crippen LogP contribution in [0.2, 0.25) is 0 Å². The maximum Gasteiger partial charge on any atom is 0.308 e. The lowest BCUT2D eigenvalue weighted by molar-refractivity contribution is -0.145. The van der Waals surface area contributed by atoms with Crippen molar-refractivity contribution in [2.24, 2.45) is 5.92 Å². The van der Waals surface area contributed by atoms with Gasteiger partial charge in [0, 0.05) is 29.3 Å². The third-order valence-corrected chi connectivity index (χ3v) is 6.35. The Morgan fingerprint density at radius 2 is 1.84 bits per heavy atom. The fourth-order valence-electron chi connectivity index (χ4n) is 4.18. The molecule has 1 aliphatic carbocycles. The summed E-state index contributed by atoms with van der Waals surface area (Å²) in [6.45, 7) is 9.70. The van der Waals surface area contributed by atoms with E-state index >= 15 is 0 Å². The van der Waals surface area contributed by atoms with Crippen LogP contribution in [-0.4, -0.2) is 64.6 Å². The molecule has 8 nitrogen and oxygen atoms in total. The van der Waals surface area contributed by atoms with Gasteiger partial charge in [0.15, 0.2) is 0 Å².